The minimum absolute atomic E-state index is 0.180. The first-order chi connectivity index (χ1) is 7.09. The summed E-state index contributed by atoms with van der Waals surface area (Å²) in [6, 6.07) is 0. The van der Waals surface area contributed by atoms with E-state index < -0.39 is 5.97 Å². The molecule has 0 atom stereocenters. The summed E-state index contributed by atoms with van der Waals surface area (Å²) in [4.78, 5) is 10.2. The summed E-state index contributed by atoms with van der Waals surface area (Å²) in [6.45, 7) is 4.84. The van der Waals surface area contributed by atoms with Gasteiger partial charge in [0.05, 0.1) is 0 Å². The fourth-order valence-electron chi connectivity index (χ4n) is 1.17. The molecule has 0 radical (unpaired) electrons. The fourth-order valence-corrected chi connectivity index (χ4v) is 1.17. The van der Waals surface area contributed by atoms with E-state index in [1.54, 1.807) is 6.33 Å². The predicted octanol–water partition coefficient (Wildman–Crippen LogP) is 0.535. The molecule has 0 amide bonds. The molecule has 0 bridgehead atoms. The zero-order valence-corrected chi connectivity index (χ0v) is 8.88. The van der Waals surface area contributed by atoms with E-state index in [0.717, 1.165) is 6.54 Å². The van der Waals surface area contributed by atoms with Crippen molar-refractivity contribution < 1.29 is 14.6 Å². The van der Waals surface area contributed by atoms with Crippen LogP contribution in [0.2, 0.25) is 0 Å². The van der Waals surface area contributed by atoms with Crippen LogP contribution in [0.25, 0.3) is 0 Å². The van der Waals surface area contributed by atoms with Crippen LogP contribution in [0.1, 0.15) is 19.7 Å². The van der Waals surface area contributed by atoms with Gasteiger partial charge >= 0.3 is 5.97 Å². The van der Waals surface area contributed by atoms with E-state index in [4.69, 9.17) is 9.84 Å². The lowest BCUT2D eigenvalue weighted by atomic mass is 10.2. The number of carboxylic acids is 1. The van der Waals surface area contributed by atoms with E-state index in [1.165, 1.54) is 0 Å². The zero-order valence-electron chi connectivity index (χ0n) is 8.88. The summed E-state index contributed by atoms with van der Waals surface area (Å²) in [5, 5.41) is 16.0. The van der Waals surface area contributed by atoms with Crippen LogP contribution in [0.3, 0.4) is 0 Å². The molecule has 0 aliphatic carbocycles. The van der Waals surface area contributed by atoms with Crippen LogP contribution in [-0.4, -0.2) is 32.4 Å². The maximum Gasteiger partial charge on any atom is 0.329 e. The van der Waals surface area contributed by atoms with E-state index in [1.807, 2.05) is 4.57 Å². The van der Waals surface area contributed by atoms with Crippen LogP contribution >= 0.6 is 0 Å². The molecule has 1 aromatic rings. The third kappa shape index (κ3) is 4.07. The topological polar surface area (TPSA) is 77.2 Å². The quantitative estimate of drug-likeness (QED) is 0.746. The van der Waals surface area contributed by atoms with Gasteiger partial charge in [0.2, 0.25) is 0 Å². The van der Waals surface area contributed by atoms with Gasteiger partial charge in [0.25, 0.3) is 0 Å². The van der Waals surface area contributed by atoms with Crippen LogP contribution in [0.5, 0.6) is 0 Å². The lowest BCUT2D eigenvalue weighted by Gasteiger charge is -2.08. The second-order valence-corrected chi connectivity index (χ2v) is 3.68. The van der Waals surface area contributed by atoms with Crippen molar-refractivity contribution in [3.05, 3.63) is 12.2 Å². The van der Waals surface area contributed by atoms with Crippen LogP contribution < -0.4 is 0 Å². The molecule has 1 heterocycles. The third-order valence-electron chi connectivity index (χ3n) is 1.71. The molecule has 0 fully saturated rings. The molecule has 0 aliphatic heterocycles. The van der Waals surface area contributed by atoms with E-state index in [2.05, 4.69) is 24.0 Å². The molecule has 1 aromatic heterocycles. The minimum atomic E-state index is -0.982. The van der Waals surface area contributed by atoms with E-state index >= 15 is 0 Å². The van der Waals surface area contributed by atoms with E-state index in [-0.39, 0.29) is 13.2 Å². The third-order valence-corrected chi connectivity index (χ3v) is 1.71. The van der Waals surface area contributed by atoms with Crippen molar-refractivity contribution in [2.75, 3.05) is 6.61 Å². The van der Waals surface area contributed by atoms with Gasteiger partial charge in [-0.2, -0.15) is 0 Å². The first-order valence-corrected chi connectivity index (χ1v) is 4.75. The normalized spacial score (nSPS) is 10.9. The Bertz CT molecular complexity index is 322. The van der Waals surface area contributed by atoms with Crippen LogP contribution in [0.15, 0.2) is 6.33 Å². The van der Waals surface area contributed by atoms with Crippen molar-refractivity contribution in [3.63, 3.8) is 0 Å². The van der Waals surface area contributed by atoms with Crippen molar-refractivity contribution in [2.45, 2.75) is 27.0 Å². The van der Waals surface area contributed by atoms with Crippen molar-refractivity contribution in [2.24, 2.45) is 5.92 Å². The van der Waals surface area contributed by atoms with Crippen molar-refractivity contribution in [1.82, 2.24) is 14.8 Å². The molecule has 0 saturated heterocycles. The summed E-state index contributed by atoms with van der Waals surface area (Å²) in [6.07, 6.45) is 1.62. The van der Waals surface area contributed by atoms with Gasteiger partial charge in [0, 0.05) is 6.54 Å². The van der Waals surface area contributed by atoms with Gasteiger partial charge in [-0.15, -0.1) is 10.2 Å². The molecule has 0 unspecified atom stereocenters. The number of aromatic nitrogens is 3. The molecule has 6 heteroatoms. The number of rotatable bonds is 6. The number of nitrogens with zero attached hydrogens (tertiary/aromatic N) is 3. The van der Waals surface area contributed by atoms with E-state index in [9.17, 15) is 4.79 Å². The number of carbonyl (C=O) groups is 1. The summed E-state index contributed by atoms with van der Waals surface area (Å²) >= 11 is 0. The molecule has 0 aromatic carbocycles. The van der Waals surface area contributed by atoms with Crippen LogP contribution in [0.4, 0.5) is 0 Å². The Kier molecular flexibility index (Phi) is 4.23. The van der Waals surface area contributed by atoms with Gasteiger partial charge in [0.15, 0.2) is 5.82 Å². The highest BCUT2D eigenvalue weighted by Crippen LogP contribution is 2.03. The lowest BCUT2D eigenvalue weighted by molar-refractivity contribution is -0.142. The molecule has 15 heavy (non-hydrogen) atoms. The summed E-state index contributed by atoms with van der Waals surface area (Å²) in [7, 11) is 0. The molecule has 6 nitrogen and oxygen atoms in total. The van der Waals surface area contributed by atoms with Gasteiger partial charge in [0.1, 0.15) is 19.5 Å². The first kappa shape index (κ1) is 11.6. The Hall–Kier alpha value is -1.43. The highest BCUT2D eigenvalue weighted by atomic mass is 16.5. The number of ether oxygens (including phenoxy) is 1. The summed E-state index contributed by atoms with van der Waals surface area (Å²) in [5.74, 6) is 0.161. The molecule has 0 aliphatic rings. The van der Waals surface area contributed by atoms with Gasteiger partial charge in [-0.1, -0.05) is 13.8 Å². The van der Waals surface area contributed by atoms with Gasteiger partial charge in [-0.3, -0.25) is 0 Å². The Balaban J connectivity index is 2.46. The van der Waals surface area contributed by atoms with Crippen molar-refractivity contribution >= 4 is 5.97 Å². The minimum Gasteiger partial charge on any atom is -0.480 e. The fraction of sp³-hybridized carbons (Fsp3) is 0.667. The molecule has 0 saturated carbocycles. The lowest BCUT2D eigenvalue weighted by Crippen LogP contribution is -2.12. The molecular formula is C9H15N3O3. The SMILES string of the molecule is CC(C)Cn1cnnc1COCC(=O)O. The Morgan fingerprint density at radius 1 is 1.67 bits per heavy atom. The zero-order chi connectivity index (χ0) is 11.3. The smallest absolute Gasteiger partial charge is 0.329 e. The van der Waals surface area contributed by atoms with E-state index in [0.29, 0.717) is 11.7 Å². The first-order valence-electron chi connectivity index (χ1n) is 4.75. The molecule has 1 N–H and O–H groups in total. The average molecular weight is 213 g/mol. The maximum atomic E-state index is 10.2. The molecule has 1 rings (SSSR count). The number of hydrogen-bond acceptors (Lipinski definition) is 4. The van der Waals surface area contributed by atoms with Crippen LogP contribution in [0, 0.1) is 5.92 Å². The Morgan fingerprint density at radius 2 is 2.40 bits per heavy atom. The number of hydrogen-bond donors (Lipinski definition) is 1. The van der Waals surface area contributed by atoms with Crippen molar-refractivity contribution in [1.29, 1.82) is 0 Å². The van der Waals surface area contributed by atoms with Crippen LogP contribution in [-0.2, 0) is 22.7 Å². The van der Waals surface area contributed by atoms with Gasteiger partial charge in [-0.05, 0) is 5.92 Å². The summed E-state index contributed by atoms with van der Waals surface area (Å²) < 4.78 is 6.81. The van der Waals surface area contributed by atoms with Gasteiger partial charge < -0.3 is 14.4 Å². The molecule has 0 spiro atoms. The average Bonchev–Trinajstić information content (AvgIpc) is 2.51. The Labute approximate surface area is 87.9 Å². The second-order valence-electron chi connectivity index (χ2n) is 3.68. The maximum absolute atomic E-state index is 10.2. The standard InChI is InChI=1S/C9H15N3O3/c1-7(2)3-12-6-10-11-8(12)4-15-5-9(13)14/h6-7H,3-5H2,1-2H3,(H,13,14). The predicted molar refractivity (Wildman–Crippen MR) is 52.2 cm³/mol. The second kappa shape index (κ2) is 5.45. The summed E-state index contributed by atoms with van der Waals surface area (Å²) in [5.41, 5.74) is 0. The highest BCUT2D eigenvalue weighted by molar-refractivity contribution is 5.67. The number of aliphatic carboxylic acids is 1. The monoisotopic (exact) mass is 213 g/mol. The van der Waals surface area contributed by atoms with Gasteiger partial charge in [-0.25, -0.2) is 4.79 Å². The number of carboxylic acid groups (broad SMARTS) is 1. The van der Waals surface area contributed by atoms with Crippen molar-refractivity contribution in [3.8, 4) is 0 Å². The molecular weight excluding hydrogens is 198 g/mol. The Morgan fingerprint density at radius 3 is 3.00 bits per heavy atom. The molecule has 84 valence electrons. The highest BCUT2D eigenvalue weighted by Gasteiger charge is 2.06. The largest absolute Gasteiger partial charge is 0.480 e.